The molecule has 0 amide bonds. The number of epoxide rings is 1. The summed E-state index contributed by atoms with van der Waals surface area (Å²) < 4.78 is 20.9. The third-order valence-corrected chi connectivity index (χ3v) is 4.24. The van der Waals surface area contributed by atoms with Gasteiger partial charge in [-0.05, 0) is 60.5 Å². The maximum atomic E-state index is 12.4. The molecule has 0 aliphatic carbocycles. The van der Waals surface area contributed by atoms with Crippen molar-refractivity contribution in [1.29, 1.82) is 5.26 Å². The Hall–Kier alpha value is -3.63. The Balaban J connectivity index is 1.54. The molecule has 1 fully saturated rings. The second-order valence-corrected chi connectivity index (χ2v) is 6.61. The maximum absolute atomic E-state index is 12.4. The third kappa shape index (κ3) is 6.47. The number of carbonyl (C=O) groups excluding carboxylic acids is 2. The zero-order chi connectivity index (χ0) is 21.3. The fourth-order valence-corrected chi connectivity index (χ4v) is 2.51. The first-order valence-electron chi connectivity index (χ1n) is 9.44. The summed E-state index contributed by atoms with van der Waals surface area (Å²) in [5.74, 6) is 0.0747. The van der Waals surface area contributed by atoms with E-state index in [0.29, 0.717) is 23.7 Å². The molecular weight excluding hydrogens is 386 g/mol. The van der Waals surface area contributed by atoms with Gasteiger partial charge in [0.1, 0.15) is 30.8 Å². The van der Waals surface area contributed by atoms with Gasteiger partial charge in [0.15, 0.2) is 0 Å². The number of nitrogens with zero attached hydrogens (tertiary/aromatic N) is 1. The van der Waals surface area contributed by atoms with Crippen molar-refractivity contribution in [3.63, 3.8) is 0 Å². The lowest BCUT2D eigenvalue weighted by Crippen LogP contribution is -2.09. The molecule has 3 rings (SSSR count). The molecule has 7 nitrogen and oxygen atoms in total. The molecule has 30 heavy (non-hydrogen) atoms. The largest absolute Gasteiger partial charge is 0.491 e. The quantitative estimate of drug-likeness (QED) is 0.206. The maximum Gasteiger partial charge on any atom is 0.343 e. The molecule has 2 aromatic carbocycles. The van der Waals surface area contributed by atoms with Crippen LogP contribution in [0.5, 0.6) is 11.5 Å². The number of rotatable bonds is 9. The van der Waals surface area contributed by atoms with E-state index in [0.717, 1.165) is 17.7 Å². The monoisotopic (exact) mass is 407 g/mol. The summed E-state index contributed by atoms with van der Waals surface area (Å²) in [5.41, 5.74) is 2.02. The van der Waals surface area contributed by atoms with Crippen molar-refractivity contribution < 1.29 is 28.5 Å². The molecule has 0 aromatic heterocycles. The van der Waals surface area contributed by atoms with Crippen LogP contribution in [0.4, 0.5) is 0 Å². The van der Waals surface area contributed by atoms with Gasteiger partial charge in [0.25, 0.3) is 0 Å². The highest BCUT2D eigenvalue weighted by atomic mass is 16.6. The van der Waals surface area contributed by atoms with Gasteiger partial charge in [-0.3, -0.25) is 0 Å². The van der Waals surface area contributed by atoms with E-state index in [-0.39, 0.29) is 19.1 Å². The molecule has 0 N–H and O–H groups in total. The molecule has 0 radical (unpaired) electrons. The molecule has 1 unspecified atom stereocenters. The number of benzene rings is 2. The van der Waals surface area contributed by atoms with Crippen LogP contribution >= 0.6 is 0 Å². The van der Waals surface area contributed by atoms with Crippen molar-refractivity contribution in [3.8, 4) is 17.6 Å². The van der Waals surface area contributed by atoms with Crippen molar-refractivity contribution in [2.75, 3.05) is 19.8 Å². The number of aryl methyl sites for hydroxylation is 1. The topological polar surface area (TPSA) is 98.2 Å². The first-order chi connectivity index (χ1) is 14.5. The number of hydrogen-bond donors (Lipinski definition) is 0. The molecule has 0 bridgehead atoms. The lowest BCUT2D eigenvalue weighted by atomic mass is 10.1. The van der Waals surface area contributed by atoms with Crippen LogP contribution < -0.4 is 9.47 Å². The summed E-state index contributed by atoms with van der Waals surface area (Å²) in [5, 5.41) is 8.43. The minimum Gasteiger partial charge on any atom is -0.491 e. The Morgan fingerprint density at radius 1 is 1.20 bits per heavy atom. The molecule has 1 aliphatic heterocycles. The Bertz CT molecular complexity index is 970. The Labute approximate surface area is 174 Å². The van der Waals surface area contributed by atoms with Gasteiger partial charge in [-0.15, -0.1) is 0 Å². The summed E-state index contributed by atoms with van der Waals surface area (Å²) in [7, 11) is 0. The molecule has 1 saturated heterocycles. The van der Waals surface area contributed by atoms with Crippen LogP contribution in [0.25, 0.3) is 6.08 Å². The molecule has 1 atom stereocenters. The first-order valence-corrected chi connectivity index (χ1v) is 9.44. The van der Waals surface area contributed by atoms with E-state index in [1.807, 2.05) is 13.0 Å². The Kier molecular flexibility index (Phi) is 7.19. The molecule has 7 heteroatoms. The number of nitriles is 1. The fraction of sp³-hybridized carbons (Fsp3) is 0.261. The summed E-state index contributed by atoms with van der Waals surface area (Å²) in [6.07, 6.45) is 3.24. The molecule has 154 valence electrons. The minimum atomic E-state index is -0.516. The van der Waals surface area contributed by atoms with Gasteiger partial charge in [-0.2, -0.15) is 5.26 Å². The predicted molar refractivity (Wildman–Crippen MR) is 108 cm³/mol. The average molecular weight is 407 g/mol. The van der Waals surface area contributed by atoms with Crippen LogP contribution in [-0.4, -0.2) is 37.9 Å². The number of ether oxygens (including phenoxy) is 4. The van der Waals surface area contributed by atoms with E-state index in [9.17, 15) is 9.59 Å². The molecule has 1 aliphatic rings. The molecule has 0 spiro atoms. The minimum absolute atomic E-state index is 0.0651. The van der Waals surface area contributed by atoms with Gasteiger partial charge in [-0.1, -0.05) is 6.07 Å². The van der Waals surface area contributed by atoms with Gasteiger partial charge < -0.3 is 18.9 Å². The van der Waals surface area contributed by atoms with Crippen LogP contribution in [0.1, 0.15) is 27.9 Å². The predicted octanol–water partition coefficient (Wildman–Crippen LogP) is 3.46. The van der Waals surface area contributed by atoms with E-state index in [2.05, 4.69) is 0 Å². The number of carbonyl (C=O) groups is 2. The van der Waals surface area contributed by atoms with E-state index < -0.39 is 11.9 Å². The Morgan fingerprint density at radius 2 is 1.93 bits per heavy atom. The number of esters is 2. The molecule has 1 heterocycles. The van der Waals surface area contributed by atoms with Crippen LogP contribution in [-0.2, 0) is 14.3 Å². The van der Waals surface area contributed by atoms with Crippen LogP contribution in [0.2, 0.25) is 0 Å². The van der Waals surface area contributed by atoms with Crippen LogP contribution in [0.3, 0.4) is 0 Å². The van der Waals surface area contributed by atoms with Gasteiger partial charge in [0, 0.05) is 6.08 Å². The van der Waals surface area contributed by atoms with Crippen LogP contribution in [0, 0.1) is 18.3 Å². The summed E-state index contributed by atoms with van der Waals surface area (Å²) in [4.78, 5) is 23.9. The highest BCUT2D eigenvalue weighted by Gasteiger charge is 2.23. The first kappa shape index (κ1) is 21.1. The van der Waals surface area contributed by atoms with E-state index >= 15 is 0 Å². The van der Waals surface area contributed by atoms with Gasteiger partial charge in [0.2, 0.25) is 0 Å². The normalized spacial score (nSPS) is 14.7. The second-order valence-electron chi connectivity index (χ2n) is 6.61. The zero-order valence-electron chi connectivity index (χ0n) is 16.5. The highest BCUT2D eigenvalue weighted by molar-refractivity contribution is 5.91. The highest BCUT2D eigenvalue weighted by Crippen LogP contribution is 2.21. The summed E-state index contributed by atoms with van der Waals surface area (Å²) >= 11 is 0. The molecule has 2 aromatic rings. The van der Waals surface area contributed by atoms with Crippen molar-refractivity contribution in [2.45, 2.75) is 19.4 Å². The van der Waals surface area contributed by atoms with Crippen LogP contribution in [0.15, 0.2) is 48.5 Å². The Morgan fingerprint density at radius 3 is 2.60 bits per heavy atom. The summed E-state index contributed by atoms with van der Waals surface area (Å²) in [6.45, 7) is 3.13. The lowest BCUT2D eigenvalue weighted by molar-refractivity contribution is -0.137. The average Bonchev–Trinajstić information content (AvgIpc) is 3.57. The number of hydrogen-bond acceptors (Lipinski definition) is 7. The van der Waals surface area contributed by atoms with Crippen molar-refractivity contribution in [1.82, 2.24) is 0 Å². The smallest absolute Gasteiger partial charge is 0.343 e. The lowest BCUT2D eigenvalue weighted by Gasteiger charge is -2.08. The van der Waals surface area contributed by atoms with Crippen molar-refractivity contribution in [2.24, 2.45) is 0 Å². The summed E-state index contributed by atoms with van der Waals surface area (Å²) in [6, 6.07) is 13.7. The standard InChI is InChI=1S/C23H21NO6/c1-16-13-20(9-3-17(16)6-10-22(25)27-12-2-11-24)30-23(26)18-4-7-19(8-5-18)28-14-21-15-29-21/h3-10,13,21H,2,12,14-15H2,1H3/b10-6+. The van der Waals surface area contributed by atoms with Crippen molar-refractivity contribution in [3.05, 3.63) is 65.2 Å². The van der Waals surface area contributed by atoms with E-state index in [1.54, 1.807) is 48.5 Å². The second kappa shape index (κ2) is 10.2. The van der Waals surface area contributed by atoms with Gasteiger partial charge >= 0.3 is 11.9 Å². The fourth-order valence-electron chi connectivity index (χ4n) is 2.51. The third-order valence-electron chi connectivity index (χ3n) is 4.24. The van der Waals surface area contributed by atoms with E-state index in [4.69, 9.17) is 24.2 Å². The zero-order valence-corrected chi connectivity index (χ0v) is 16.5. The van der Waals surface area contributed by atoms with Crippen molar-refractivity contribution >= 4 is 18.0 Å². The molecule has 0 saturated carbocycles. The van der Waals surface area contributed by atoms with Gasteiger partial charge in [-0.25, -0.2) is 9.59 Å². The molecular formula is C23H21NO6. The van der Waals surface area contributed by atoms with Gasteiger partial charge in [0.05, 0.1) is 24.7 Å². The SMILES string of the molecule is Cc1cc(OC(=O)c2ccc(OCC3CO3)cc2)ccc1/C=C/C(=O)OCCC#N. The van der Waals surface area contributed by atoms with E-state index in [1.165, 1.54) is 6.08 Å².